The predicted molar refractivity (Wildman–Crippen MR) is 138 cm³/mol. The molecule has 3 aliphatic rings. The summed E-state index contributed by atoms with van der Waals surface area (Å²) in [5.74, 6) is 0.679. The van der Waals surface area contributed by atoms with Crippen LogP contribution in [0, 0.1) is 5.92 Å². The van der Waals surface area contributed by atoms with Gasteiger partial charge in [0.05, 0.1) is 17.0 Å². The van der Waals surface area contributed by atoms with Crippen LogP contribution in [0.25, 0.3) is 11.0 Å². The summed E-state index contributed by atoms with van der Waals surface area (Å²) in [5.41, 5.74) is 3.08. The summed E-state index contributed by atoms with van der Waals surface area (Å²) in [7, 11) is 0. The third-order valence-electron chi connectivity index (χ3n) is 7.69. The number of aromatic nitrogens is 2. The number of fused-ring (bicyclic) bond motifs is 5. The number of Topliss-reactive ketones (excluding diaryl/α,β-unsaturated/α-hetero) is 1. The highest BCUT2D eigenvalue weighted by molar-refractivity contribution is 7.99. The summed E-state index contributed by atoms with van der Waals surface area (Å²) in [5, 5.41) is 3.73. The number of ketones is 1. The molecule has 6 nitrogen and oxygen atoms in total. The molecule has 4 atom stereocenters. The van der Waals surface area contributed by atoms with Crippen LogP contribution in [0.4, 0.5) is 5.69 Å². The van der Waals surface area contributed by atoms with Gasteiger partial charge in [0.25, 0.3) is 0 Å². The van der Waals surface area contributed by atoms with Crippen molar-refractivity contribution in [3.63, 3.8) is 0 Å². The number of rotatable bonds is 3. The van der Waals surface area contributed by atoms with Gasteiger partial charge in [-0.15, -0.1) is 11.8 Å². The van der Waals surface area contributed by atoms with Crippen molar-refractivity contribution < 1.29 is 9.59 Å². The predicted octanol–water partition coefficient (Wildman–Crippen LogP) is 5.04. The largest absolute Gasteiger partial charge is 0.335 e. The molecule has 2 N–H and O–H groups in total. The van der Waals surface area contributed by atoms with Crippen LogP contribution in [0.2, 0.25) is 5.02 Å². The quantitative estimate of drug-likeness (QED) is 0.385. The Morgan fingerprint density at radius 1 is 1.06 bits per heavy atom. The van der Waals surface area contributed by atoms with E-state index in [1.807, 2.05) is 72.8 Å². The summed E-state index contributed by atoms with van der Waals surface area (Å²) < 4.78 is 0. The number of para-hydroxylation sites is 3. The summed E-state index contributed by atoms with van der Waals surface area (Å²) in [6, 6.07) is 23.1. The first-order valence-electron chi connectivity index (χ1n) is 11.6. The third-order valence-corrected chi connectivity index (χ3v) is 8.98. The number of hydrogen-bond donors (Lipinski definition) is 2. The Hall–Kier alpha value is -3.13. The van der Waals surface area contributed by atoms with Crippen molar-refractivity contribution in [2.45, 2.75) is 17.5 Å². The van der Waals surface area contributed by atoms with Gasteiger partial charge in [-0.2, -0.15) is 0 Å². The fourth-order valence-electron chi connectivity index (χ4n) is 6.31. The van der Waals surface area contributed by atoms with Gasteiger partial charge in [0.15, 0.2) is 5.82 Å². The minimum atomic E-state index is -1.11. The zero-order chi connectivity index (χ0) is 23.7. The Bertz CT molecular complexity index is 1470. The molecule has 1 amide bonds. The standard InChI is InChI=1S/C27H21ClN4O2S/c28-16-11-9-15(10-12-16)22-21-13-35-14-32(21)27(17-5-1-2-6-18(17)31-26(27)34)23(22)24(33)25-29-19-7-3-4-8-20(19)30-25/h1-12,21-23H,13-14H2,(H,29,30)(H,31,34)/t21?,22?,23?,27-/m1/s1. The van der Waals surface area contributed by atoms with Crippen molar-refractivity contribution in [2.75, 3.05) is 16.9 Å². The molecule has 3 unspecified atom stereocenters. The topological polar surface area (TPSA) is 78.1 Å². The van der Waals surface area contributed by atoms with Crippen molar-refractivity contribution in [3.05, 3.63) is 94.8 Å². The molecule has 174 valence electrons. The maximum atomic E-state index is 14.5. The smallest absolute Gasteiger partial charge is 0.250 e. The first-order valence-corrected chi connectivity index (χ1v) is 13.1. The molecular formula is C27H21ClN4O2S. The number of imidazole rings is 1. The lowest BCUT2D eigenvalue weighted by molar-refractivity contribution is -0.127. The molecule has 2 fully saturated rings. The summed E-state index contributed by atoms with van der Waals surface area (Å²) >= 11 is 8.02. The highest BCUT2D eigenvalue weighted by Gasteiger charge is 2.69. The molecule has 0 saturated carbocycles. The van der Waals surface area contributed by atoms with Crippen LogP contribution < -0.4 is 5.32 Å². The second kappa shape index (κ2) is 7.68. The lowest BCUT2D eigenvalue weighted by Crippen LogP contribution is -2.52. The Labute approximate surface area is 211 Å². The van der Waals surface area contributed by atoms with E-state index in [1.54, 1.807) is 11.8 Å². The molecule has 8 heteroatoms. The minimum Gasteiger partial charge on any atom is -0.335 e. The van der Waals surface area contributed by atoms with Crippen LogP contribution in [-0.2, 0) is 10.3 Å². The van der Waals surface area contributed by atoms with E-state index in [1.165, 1.54) is 0 Å². The van der Waals surface area contributed by atoms with Crippen molar-refractivity contribution in [2.24, 2.45) is 5.92 Å². The molecule has 4 heterocycles. The first-order chi connectivity index (χ1) is 17.1. The van der Waals surface area contributed by atoms with Crippen LogP contribution in [-0.4, -0.2) is 44.2 Å². The third kappa shape index (κ3) is 2.86. The van der Waals surface area contributed by atoms with E-state index in [9.17, 15) is 9.59 Å². The number of amides is 1. The maximum Gasteiger partial charge on any atom is 0.250 e. The van der Waals surface area contributed by atoms with Crippen molar-refractivity contribution in [1.29, 1.82) is 0 Å². The van der Waals surface area contributed by atoms with E-state index < -0.39 is 11.5 Å². The molecule has 0 aliphatic carbocycles. The van der Waals surface area contributed by atoms with Crippen molar-refractivity contribution in [3.8, 4) is 0 Å². The molecule has 3 aliphatic heterocycles. The van der Waals surface area contributed by atoms with E-state index in [2.05, 4.69) is 20.2 Å². The number of benzene rings is 3. The van der Waals surface area contributed by atoms with E-state index in [0.29, 0.717) is 16.7 Å². The second-order valence-corrected chi connectivity index (χ2v) is 10.8. The van der Waals surface area contributed by atoms with Gasteiger partial charge in [0.2, 0.25) is 11.7 Å². The highest BCUT2D eigenvalue weighted by Crippen LogP contribution is 2.61. The Morgan fingerprint density at radius 2 is 1.83 bits per heavy atom. The van der Waals surface area contributed by atoms with Gasteiger partial charge in [0, 0.05) is 39.9 Å². The first kappa shape index (κ1) is 21.2. The number of hydrogen-bond acceptors (Lipinski definition) is 5. The van der Waals surface area contributed by atoms with Crippen molar-refractivity contribution >= 4 is 51.8 Å². The average molecular weight is 501 g/mol. The normalized spacial score (nSPS) is 27.3. The number of nitrogens with one attached hydrogen (secondary N) is 2. The Balaban J connectivity index is 1.48. The molecule has 0 bridgehead atoms. The highest BCUT2D eigenvalue weighted by atomic mass is 35.5. The molecule has 35 heavy (non-hydrogen) atoms. The number of thioether (sulfide) groups is 1. The van der Waals surface area contributed by atoms with E-state index in [0.717, 1.165) is 33.6 Å². The van der Waals surface area contributed by atoms with Gasteiger partial charge < -0.3 is 10.3 Å². The van der Waals surface area contributed by atoms with E-state index in [4.69, 9.17) is 11.6 Å². The number of H-pyrrole nitrogens is 1. The molecule has 1 spiro atoms. The zero-order valence-electron chi connectivity index (χ0n) is 18.6. The lowest BCUT2D eigenvalue weighted by Gasteiger charge is -2.36. The molecule has 4 aromatic rings. The van der Waals surface area contributed by atoms with Crippen LogP contribution in [0.1, 0.15) is 27.7 Å². The lowest BCUT2D eigenvalue weighted by atomic mass is 9.70. The summed E-state index contributed by atoms with van der Waals surface area (Å²) in [4.78, 5) is 38.6. The molecule has 3 aromatic carbocycles. The summed E-state index contributed by atoms with van der Waals surface area (Å²) in [6.07, 6.45) is 0. The molecular weight excluding hydrogens is 480 g/mol. The summed E-state index contributed by atoms with van der Waals surface area (Å²) in [6.45, 7) is 0. The van der Waals surface area contributed by atoms with Gasteiger partial charge in [0.1, 0.15) is 5.54 Å². The van der Waals surface area contributed by atoms with E-state index >= 15 is 0 Å². The van der Waals surface area contributed by atoms with Gasteiger partial charge in [-0.3, -0.25) is 14.5 Å². The fourth-order valence-corrected chi connectivity index (χ4v) is 7.76. The monoisotopic (exact) mass is 500 g/mol. The van der Waals surface area contributed by atoms with Gasteiger partial charge >= 0.3 is 0 Å². The zero-order valence-corrected chi connectivity index (χ0v) is 20.1. The van der Waals surface area contributed by atoms with Gasteiger partial charge in [-0.1, -0.05) is 54.1 Å². The van der Waals surface area contributed by atoms with Gasteiger partial charge in [-0.05, 0) is 35.9 Å². The number of carbonyl (C=O) groups is 2. The molecule has 2 saturated heterocycles. The molecule has 7 rings (SSSR count). The molecule has 0 radical (unpaired) electrons. The number of anilines is 1. The maximum absolute atomic E-state index is 14.5. The van der Waals surface area contributed by atoms with Crippen molar-refractivity contribution in [1.82, 2.24) is 14.9 Å². The number of carbonyl (C=O) groups excluding carboxylic acids is 2. The number of aromatic amines is 1. The average Bonchev–Trinajstić information content (AvgIpc) is 3.62. The van der Waals surface area contributed by atoms with Crippen LogP contribution in [0.3, 0.4) is 0 Å². The molecule has 1 aromatic heterocycles. The Morgan fingerprint density at radius 3 is 2.66 bits per heavy atom. The SMILES string of the molecule is O=C(c1nc2ccccc2[nH]1)C1C(c2ccc(Cl)cc2)C2CSCN2[C@@]12C(=O)Nc1ccccc12. The Kier molecular flexibility index (Phi) is 4.65. The number of halogens is 1. The van der Waals surface area contributed by atoms with Gasteiger partial charge in [-0.25, -0.2) is 4.98 Å². The van der Waals surface area contributed by atoms with E-state index in [-0.39, 0.29) is 23.7 Å². The second-order valence-electron chi connectivity index (χ2n) is 9.32. The van der Waals surface area contributed by atoms with Crippen LogP contribution in [0.15, 0.2) is 72.8 Å². The fraction of sp³-hybridized carbons (Fsp3) is 0.222. The van der Waals surface area contributed by atoms with Crippen LogP contribution in [0.5, 0.6) is 0 Å². The number of nitrogens with zero attached hydrogens (tertiary/aromatic N) is 2. The minimum absolute atomic E-state index is 0.0245. The van der Waals surface area contributed by atoms with Crippen LogP contribution >= 0.6 is 23.4 Å².